The smallest absolute Gasteiger partial charge is 0.252 e. The number of benzene rings is 1. The normalized spacial score (nSPS) is 10.7. The van der Waals surface area contributed by atoms with E-state index < -0.39 is 5.56 Å². The van der Waals surface area contributed by atoms with Crippen LogP contribution in [-0.4, -0.2) is 21.8 Å². The molecule has 2 heterocycles. The van der Waals surface area contributed by atoms with Crippen molar-refractivity contribution >= 4 is 44.9 Å². The molecule has 0 saturated heterocycles. The summed E-state index contributed by atoms with van der Waals surface area (Å²) in [6.45, 7) is 3.92. The lowest BCUT2D eigenvalue weighted by Gasteiger charge is -2.07. The van der Waals surface area contributed by atoms with Gasteiger partial charge in [0.05, 0.1) is 20.2 Å². The highest BCUT2D eigenvalue weighted by Gasteiger charge is 2.17. The fourth-order valence-corrected chi connectivity index (χ4v) is 4.78. The molecule has 26 heavy (non-hydrogen) atoms. The molecule has 0 atom stereocenters. The molecule has 6 nitrogen and oxygen atoms in total. The standard InChI is InChI=1S/C18H15N3O3S2/c1-9-3-10(2)5-11(4-9)20-15(24)8-25-18-12(7-19)16-17(26-18)13(22)6-14(23)21-16/h3-6H,8H2,1-2H3,(H,20,24)(H2,21,22,23). The average Bonchev–Trinajstić information content (AvgIpc) is 2.89. The largest absolute Gasteiger partial charge is 0.506 e. The van der Waals surface area contributed by atoms with Crippen molar-refractivity contribution in [3.05, 3.63) is 51.3 Å². The molecule has 0 spiro atoms. The van der Waals surface area contributed by atoms with Crippen LogP contribution in [0.25, 0.3) is 10.2 Å². The van der Waals surface area contributed by atoms with E-state index in [0.717, 1.165) is 22.9 Å². The number of rotatable bonds is 4. The number of thiophene rings is 1. The van der Waals surface area contributed by atoms with Crippen molar-refractivity contribution in [2.45, 2.75) is 18.1 Å². The van der Waals surface area contributed by atoms with Crippen LogP contribution < -0.4 is 10.9 Å². The number of pyridine rings is 1. The Balaban J connectivity index is 1.79. The van der Waals surface area contributed by atoms with Gasteiger partial charge in [-0.1, -0.05) is 6.07 Å². The van der Waals surface area contributed by atoms with Crippen LogP contribution in [0.5, 0.6) is 5.75 Å². The first kappa shape index (κ1) is 18.0. The van der Waals surface area contributed by atoms with Crippen molar-refractivity contribution < 1.29 is 9.90 Å². The Morgan fingerprint density at radius 2 is 2.00 bits per heavy atom. The number of hydrogen-bond acceptors (Lipinski definition) is 6. The quantitative estimate of drug-likeness (QED) is 0.596. The number of nitriles is 1. The van der Waals surface area contributed by atoms with Crippen molar-refractivity contribution in [2.24, 2.45) is 0 Å². The summed E-state index contributed by atoms with van der Waals surface area (Å²) in [7, 11) is 0. The topological polar surface area (TPSA) is 106 Å². The number of carbonyl (C=O) groups excluding carboxylic acids is 1. The molecule has 0 aliphatic rings. The first-order valence-corrected chi connectivity index (χ1v) is 9.47. The van der Waals surface area contributed by atoms with Crippen LogP contribution in [0, 0.1) is 25.2 Å². The van der Waals surface area contributed by atoms with Gasteiger partial charge in [-0.3, -0.25) is 9.59 Å². The summed E-state index contributed by atoms with van der Waals surface area (Å²) in [4.78, 5) is 26.3. The Bertz CT molecular complexity index is 1090. The second-order valence-electron chi connectivity index (χ2n) is 5.81. The van der Waals surface area contributed by atoms with Crippen LogP contribution >= 0.6 is 23.1 Å². The molecule has 132 valence electrons. The van der Waals surface area contributed by atoms with Crippen LogP contribution in [0.2, 0.25) is 0 Å². The van der Waals surface area contributed by atoms with E-state index in [9.17, 15) is 20.0 Å². The number of carbonyl (C=O) groups is 1. The monoisotopic (exact) mass is 385 g/mol. The summed E-state index contributed by atoms with van der Waals surface area (Å²) in [5, 5.41) is 22.1. The zero-order chi connectivity index (χ0) is 18.8. The van der Waals surface area contributed by atoms with Gasteiger partial charge in [0, 0.05) is 11.8 Å². The second-order valence-corrected chi connectivity index (χ2v) is 8.08. The predicted octanol–water partition coefficient (Wildman–Crippen LogP) is 3.51. The molecule has 0 aliphatic heterocycles. The summed E-state index contributed by atoms with van der Waals surface area (Å²) >= 11 is 2.38. The number of hydrogen-bond donors (Lipinski definition) is 3. The van der Waals surface area contributed by atoms with Crippen LogP contribution in [0.3, 0.4) is 0 Å². The van der Waals surface area contributed by atoms with Gasteiger partial charge in [-0.25, -0.2) is 0 Å². The molecule has 3 N–H and O–H groups in total. The summed E-state index contributed by atoms with van der Waals surface area (Å²) in [6, 6.07) is 8.91. The van der Waals surface area contributed by atoms with Gasteiger partial charge in [-0.2, -0.15) is 5.26 Å². The molecular formula is C18H15N3O3S2. The van der Waals surface area contributed by atoms with E-state index in [4.69, 9.17) is 0 Å². The highest BCUT2D eigenvalue weighted by atomic mass is 32.2. The minimum atomic E-state index is -0.478. The number of aromatic nitrogens is 1. The third-order valence-corrected chi connectivity index (χ3v) is 6.06. The molecular weight excluding hydrogens is 370 g/mol. The number of thioether (sulfide) groups is 1. The van der Waals surface area contributed by atoms with E-state index >= 15 is 0 Å². The number of nitrogens with zero attached hydrogens (tertiary/aromatic N) is 1. The molecule has 0 unspecified atom stereocenters. The number of aromatic hydroxyl groups is 1. The molecule has 3 rings (SSSR count). The van der Waals surface area contributed by atoms with Gasteiger partial charge in [0.25, 0.3) is 5.56 Å². The zero-order valence-electron chi connectivity index (χ0n) is 14.0. The maximum atomic E-state index is 12.2. The highest BCUT2D eigenvalue weighted by Crippen LogP contribution is 2.39. The molecule has 0 aliphatic carbocycles. The van der Waals surface area contributed by atoms with Crippen molar-refractivity contribution in [2.75, 3.05) is 11.1 Å². The molecule has 8 heteroatoms. The molecule has 3 aromatic rings. The van der Waals surface area contributed by atoms with Gasteiger partial charge in [0.2, 0.25) is 5.91 Å². The van der Waals surface area contributed by atoms with Crippen molar-refractivity contribution in [1.82, 2.24) is 4.98 Å². The number of aryl methyl sites for hydroxylation is 2. The molecule has 0 bridgehead atoms. The Labute approximate surface area is 157 Å². The Morgan fingerprint density at radius 1 is 1.31 bits per heavy atom. The summed E-state index contributed by atoms with van der Waals surface area (Å²) in [5.74, 6) is -0.254. The van der Waals surface area contributed by atoms with Crippen LogP contribution in [0.15, 0.2) is 33.3 Å². The van der Waals surface area contributed by atoms with Gasteiger partial charge in [0.1, 0.15) is 17.4 Å². The fourth-order valence-electron chi connectivity index (χ4n) is 2.64. The van der Waals surface area contributed by atoms with Crippen LogP contribution in [-0.2, 0) is 4.79 Å². The lowest BCUT2D eigenvalue weighted by atomic mass is 10.1. The second kappa shape index (κ2) is 7.23. The van der Waals surface area contributed by atoms with E-state index in [1.807, 2.05) is 38.1 Å². The van der Waals surface area contributed by atoms with Gasteiger partial charge in [-0.15, -0.1) is 23.1 Å². The van der Waals surface area contributed by atoms with Gasteiger partial charge in [-0.05, 0) is 37.1 Å². The maximum Gasteiger partial charge on any atom is 0.252 e. The lowest BCUT2D eigenvalue weighted by Crippen LogP contribution is -2.14. The van der Waals surface area contributed by atoms with Crippen molar-refractivity contribution in [3.8, 4) is 11.8 Å². The van der Waals surface area contributed by atoms with Crippen molar-refractivity contribution in [3.63, 3.8) is 0 Å². The number of H-pyrrole nitrogens is 1. The maximum absolute atomic E-state index is 12.2. The summed E-state index contributed by atoms with van der Waals surface area (Å²) in [5.41, 5.74) is 2.94. The number of aromatic amines is 1. The van der Waals surface area contributed by atoms with E-state index in [2.05, 4.69) is 10.3 Å². The molecule has 0 radical (unpaired) electrons. The van der Waals surface area contributed by atoms with Gasteiger partial charge >= 0.3 is 0 Å². The zero-order valence-corrected chi connectivity index (χ0v) is 15.7. The number of nitrogens with one attached hydrogen (secondary N) is 2. The minimum absolute atomic E-state index is 0.111. The molecule has 0 saturated carbocycles. The summed E-state index contributed by atoms with van der Waals surface area (Å²) < 4.78 is 1.01. The summed E-state index contributed by atoms with van der Waals surface area (Å²) in [6.07, 6.45) is 0. The first-order chi connectivity index (χ1) is 12.4. The predicted molar refractivity (Wildman–Crippen MR) is 104 cm³/mol. The third kappa shape index (κ3) is 3.74. The van der Waals surface area contributed by atoms with Gasteiger partial charge < -0.3 is 15.4 Å². The van der Waals surface area contributed by atoms with Crippen molar-refractivity contribution in [1.29, 1.82) is 5.26 Å². The van der Waals surface area contributed by atoms with E-state index in [0.29, 0.717) is 14.4 Å². The number of fused-ring (bicyclic) bond motifs is 1. The Hall–Kier alpha value is -2.76. The number of anilines is 1. The molecule has 0 fully saturated rings. The van der Waals surface area contributed by atoms with E-state index in [1.54, 1.807) is 0 Å². The Morgan fingerprint density at radius 3 is 2.65 bits per heavy atom. The third-order valence-electron chi connectivity index (χ3n) is 3.58. The van der Waals surface area contributed by atoms with E-state index in [-0.39, 0.29) is 23.0 Å². The average molecular weight is 385 g/mol. The molecule has 2 aromatic heterocycles. The van der Waals surface area contributed by atoms with Crippen LogP contribution in [0.4, 0.5) is 5.69 Å². The molecule has 1 amide bonds. The minimum Gasteiger partial charge on any atom is -0.506 e. The SMILES string of the molecule is Cc1cc(C)cc(NC(=O)CSc2sc3c(O)cc(=O)[nH]c3c2C#N)c1. The number of amides is 1. The lowest BCUT2D eigenvalue weighted by molar-refractivity contribution is -0.113. The van der Waals surface area contributed by atoms with E-state index in [1.165, 1.54) is 23.1 Å². The van der Waals surface area contributed by atoms with Crippen LogP contribution in [0.1, 0.15) is 16.7 Å². The first-order valence-electron chi connectivity index (χ1n) is 7.67. The van der Waals surface area contributed by atoms with Gasteiger partial charge in [0.15, 0.2) is 0 Å². The Kier molecular flexibility index (Phi) is 5.02. The molecule has 1 aromatic carbocycles. The highest BCUT2D eigenvalue weighted by molar-refractivity contribution is 8.02. The fraction of sp³-hybridized carbons (Fsp3) is 0.167.